The molecule has 0 fully saturated rings. The molecule has 3 nitrogen and oxygen atoms in total. The minimum absolute atomic E-state index is 0.777. The number of allylic oxidation sites excluding steroid dienone is 1. The van der Waals surface area contributed by atoms with Crippen molar-refractivity contribution in [1.29, 1.82) is 0 Å². The zero-order valence-electron chi connectivity index (χ0n) is 19.2. The lowest BCUT2D eigenvalue weighted by molar-refractivity contribution is 0.671. The Labute approximate surface area is 201 Å². The molecule has 0 saturated heterocycles. The molecule has 0 aliphatic rings. The van der Waals surface area contributed by atoms with Crippen LogP contribution in [0.3, 0.4) is 0 Å². The largest absolute Gasteiger partial charge is 0.454 e. The van der Waals surface area contributed by atoms with Gasteiger partial charge in [0.05, 0.1) is 27.7 Å². The van der Waals surface area contributed by atoms with Crippen LogP contribution in [0.4, 0.5) is 5.69 Å². The Bertz CT molecular complexity index is 2030. The Morgan fingerprint density at radius 1 is 0.771 bits per heavy atom. The number of benzene rings is 5. The van der Waals surface area contributed by atoms with Crippen LogP contribution in [0.2, 0.25) is 0 Å². The molecule has 7 aromatic rings. The smallest absolute Gasteiger partial charge is 0.356 e. The van der Waals surface area contributed by atoms with Gasteiger partial charge in [-0.1, -0.05) is 72.8 Å². The number of hydrogen-bond acceptors (Lipinski definition) is 1. The number of aromatic nitrogens is 1. The summed E-state index contributed by atoms with van der Waals surface area (Å²) in [7, 11) is 0. The van der Waals surface area contributed by atoms with Gasteiger partial charge in [-0.2, -0.15) is 0 Å². The Kier molecular flexibility index (Phi) is 4.12. The normalized spacial score (nSPS) is 12.0. The first-order valence-corrected chi connectivity index (χ1v) is 11.7. The Balaban J connectivity index is 1.75. The predicted molar refractivity (Wildman–Crippen MR) is 148 cm³/mol. The third-order valence-electron chi connectivity index (χ3n) is 6.92. The summed E-state index contributed by atoms with van der Waals surface area (Å²) in [4.78, 5) is 4.26. The average Bonchev–Trinajstić information content (AvgIpc) is 3.44. The molecular formula is C32H21N2O+. The van der Waals surface area contributed by atoms with E-state index in [1.807, 2.05) is 31.2 Å². The van der Waals surface area contributed by atoms with Gasteiger partial charge in [-0.15, -0.1) is 0 Å². The van der Waals surface area contributed by atoms with E-state index in [4.69, 9.17) is 11.0 Å². The monoisotopic (exact) mass is 449 g/mol. The molecule has 0 atom stereocenters. The summed E-state index contributed by atoms with van der Waals surface area (Å²) in [6, 6.07) is 31.7. The molecule has 5 aromatic carbocycles. The Morgan fingerprint density at radius 3 is 2.43 bits per heavy atom. The second kappa shape index (κ2) is 7.35. The van der Waals surface area contributed by atoms with Gasteiger partial charge in [-0.3, -0.25) is 0 Å². The summed E-state index contributed by atoms with van der Waals surface area (Å²) in [5, 5.41) is 6.66. The molecule has 164 valence electrons. The molecule has 3 heteroatoms. The van der Waals surface area contributed by atoms with Crippen molar-refractivity contribution in [3.63, 3.8) is 0 Å². The molecule has 0 spiro atoms. The minimum atomic E-state index is 0.777. The highest BCUT2D eigenvalue weighted by molar-refractivity contribution is 6.22. The van der Waals surface area contributed by atoms with Gasteiger partial charge in [0.15, 0.2) is 5.58 Å². The van der Waals surface area contributed by atoms with E-state index in [1.54, 1.807) is 0 Å². The Hall–Kier alpha value is -4.81. The van der Waals surface area contributed by atoms with Gasteiger partial charge in [-0.25, -0.2) is 0 Å². The van der Waals surface area contributed by atoms with Crippen LogP contribution < -0.4 is 0 Å². The maximum atomic E-state index is 6.51. The van der Waals surface area contributed by atoms with Crippen molar-refractivity contribution in [3.8, 4) is 12.3 Å². The first-order valence-electron chi connectivity index (χ1n) is 11.7. The van der Waals surface area contributed by atoms with Crippen LogP contribution in [0.25, 0.3) is 71.1 Å². The van der Waals surface area contributed by atoms with Crippen molar-refractivity contribution in [1.82, 2.24) is 4.57 Å². The van der Waals surface area contributed by atoms with Crippen LogP contribution in [0, 0.1) is 6.57 Å². The highest BCUT2D eigenvalue weighted by atomic mass is 16.3. The summed E-state index contributed by atoms with van der Waals surface area (Å²) in [6.45, 7) is 8.00. The van der Waals surface area contributed by atoms with E-state index in [0.717, 1.165) is 66.1 Å². The molecule has 0 aliphatic carbocycles. The molecule has 0 unspecified atom stereocenters. The number of rotatable bonds is 2. The molecule has 7 rings (SSSR count). The van der Waals surface area contributed by atoms with Gasteiger partial charge in [-0.05, 0) is 47.5 Å². The van der Waals surface area contributed by atoms with Gasteiger partial charge < -0.3 is 8.98 Å². The topological polar surface area (TPSA) is 22.4 Å². The number of nitrogens with zero attached hydrogens (tertiary/aromatic N) is 2. The average molecular weight is 450 g/mol. The highest BCUT2D eigenvalue weighted by Crippen LogP contribution is 2.43. The van der Waals surface area contributed by atoms with Crippen molar-refractivity contribution in [2.75, 3.05) is 0 Å². The van der Waals surface area contributed by atoms with Gasteiger partial charge >= 0.3 is 5.69 Å². The quantitative estimate of drug-likeness (QED) is 0.258. The fourth-order valence-corrected chi connectivity index (χ4v) is 5.48. The number of para-hydroxylation sites is 2. The van der Waals surface area contributed by atoms with Crippen molar-refractivity contribution in [2.24, 2.45) is 0 Å². The maximum Gasteiger partial charge on any atom is 0.356 e. The van der Waals surface area contributed by atoms with E-state index in [-0.39, 0.29) is 0 Å². The molecule has 0 amide bonds. The van der Waals surface area contributed by atoms with Crippen LogP contribution in [0.1, 0.15) is 12.5 Å². The van der Waals surface area contributed by atoms with E-state index < -0.39 is 0 Å². The summed E-state index contributed by atoms with van der Waals surface area (Å²) < 4.78 is 8.82. The van der Waals surface area contributed by atoms with Crippen LogP contribution in [-0.4, -0.2) is 4.57 Å². The fourth-order valence-electron chi connectivity index (χ4n) is 5.48. The summed E-state index contributed by atoms with van der Waals surface area (Å²) >= 11 is 0. The van der Waals surface area contributed by atoms with Crippen LogP contribution in [-0.2, 0) is 0 Å². The molecule has 0 bridgehead atoms. The fraction of sp³-hybridized carbons (Fsp3) is 0.0312. The van der Waals surface area contributed by atoms with Gasteiger partial charge in [0.2, 0.25) is 0 Å². The maximum absolute atomic E-state index is 6.51. The lowest BCUT2D eigenvalue weighted by atomic mass is 10.0. The van der Waals surface area contributed by atoms with E-state index in [2.05, 4.69) is 88.3 Å². The Morgan fingerprint density at radius 2 is 1.57 bits per heavy atom. The summed E-state index contributed by atoms with van der Waals surface area (Å²) in [6.07, 6.45) is 4.06. The van der Waals surface area contributed by atoms with Crippen molar-refractivity contribution >= 4 is 66.3 Å². The second-order valence-electron chi connectivity index (χ2n) is 8.80. The first kappa shape index (κ1) is 19.6. The zero-order valence-corrected chi connectivity index (χ0v) is 19.2. The van der Waals surface area contributed by atoms with Gasteiger partial charge in [0, 0.05) is 21.5 Å². The first-order chi connectivity index (χ1) is 17.3. The lowest BCUT2D eigenvalue weighted by Crippen LogP contribution is -1.96. The molecule has 0 saturated carbocycles. The molecular weight excluding hydrogens is 428 g/mol. The summed E-state index contributed by atoms with van der Waals surface area (Å²) in [5.74, 6) is 0. The van der Waals surface area contributed by atoms with Gasteiger partial charge in [0.25, 0.3) is 6.57 Å². The lowest BCUT2D eigenvalue weighted by Gasteiger charge is -2.11. The number of hydrogen-bond donors (Lipinski definition) is 0. The summed E-state index contributed by atoms with van der Waals surface area (Å²) in [5.41, 5.74) is 6.72. The zero-order chi connectivity index (χ0) is 23.5. The van der Waals surface area contributed by atoms with E-state index >= 15 is 0 Å². The molecule has 2 heterocycles. The molecule has 0 N–H and O–H groups in total. The highest BCUT2D eigenvalue weighted by Gasteiger charge is 2.23. The number of furan rings is 1. The van der Waals surface area contributed by atoms with Crippen molar-refractivity contribution in [2.45, 2.75) is 6.92 Å². The van der Waals surface area contributed by atoms with Gasteiger partial charge in [0.1, 0.15) is 5.58 Å². The second-order valence-corrected chi connectivity index (χ2v) is 8.80. The van der Waals surface area contributed by atoms with E-state index in [9.17, 15) is 0 Å². The molecule has 2 aromatic heterocycles. The standard InChI is InChI=1S/C32H21N2O/c1-3-9-21-17-16-20-10-8-14-27(29(20)30(21)33-2)34-26-13-6-4-11-22(26)24-18-19-25-23-12-5-7-15-28(23)35-32(25)31(24)34/h2-19H,1H3/q+1/b9-3-. The van der Waals surface area contributed by atoms with E-state index in [1.165, 1.54) is 5.39 Å². The van der Waals surface area contributed by atoms with Crippen molar-refractivity contribution in [3.05, 3.63) is 107 Å². The van der Waals surface area contributed by atoms with E-state index in [0.29, 0.717) is 0 Å². The predicted octanol–water partition coefficient (Wildman–Crippen LogP) is 9.46. The third-order valence-corrected chi connectivity index (χ3v) is 6.92. The third kappa shape index (κ3) is 2.65. The van der Waals surface area contributed by atoms with Crippen LogP contribution in [0.15, 0.2) is 101 Å². The minimum Gasteiger partial charge on any atom is -0.454 e. The number of fused-ring (bicyclic) bond motifs is 8. The van der Waals surface area contributed by atoms with Crippen LogP contribution in [0.5, 0.6) is 0 Å². The van der Waals surface area contributed by atoms with Crippen LogP contribution >= 0.6 is 0 Å². The molecule has 0 radical (unpaired) electrons. The molecule has 0 aliphatic heterocycles. The molecule has 35 heavy (non-hydrogen) atoms. The van der Waals surface area contributed by atoms with Crippen molar-refractivity contribution < 1.29 is 4.42 Å². The SMILES string of the molecule is C#[N+]c1c(/C=C\C)ccc2cccc(-n3c4ccccc4c4ccc5c6ccccc6oc5c43)c12.